The van der Waals surface area contributed by atoms with Crippen LogP contribution in [0, 0.1) is 0 Å². The number of allylic oxidation sites excluding steroid dienone is 5. The summed E-state index contributed by atoms with van der Waals surface area (Å²) in [6.45, 7) is 6.23. The number of imidazole rings is 1. The highest BCUT2D eigenvalue weighted by Crippen LogP contribution is 2.25. The van der Waals surface area contributed by atoms with Gasteiger partial charge in [0, 0.05) is 0 Å². The lowest BCUT2D eigenvalue weighted by molar-refractivity contribution is 0.363. The molecule has 7 heteroatoms. The lowest BCUT2D eigenvalue weighted by atomic mass is 10.2. The normalized spacial score (nSPS) is 12.2. The summed E-state index contributed by atoms with van der Waals surface area (Å²) in [7, 11) is 1.53. The van der Waals surface area contributed by atoms with Gasteiger partial charge in [-0.05, 0) is 24.1 Å². The van der Waals surface area contributed by atoms with Gasteiger partial charge in [0.2, 0.25) is 5.28 Å². The summed E-state index contributed by atoms with van der Waals surface area (Å²) >= 11 is 5.87. The van der Waals surface area contributed by atoms with Gasteiger partial charge in [-0.15, -0.1) is 0 Å². The van der Waals surface area contributed by atoms with E-state index < -0.39 is 0 Å². The molecule has 0 unspecified atom stereocenters. The first-order valence-corrected chi connectivity index (χ1v) is 6.66. The molecule has 0 amide bonds. The van der Waals surface area contributed by atoms with E-state index in [1.165, 1.54) is 7.11 Å². The van der Waals surface area contributed by atoms with Crippen molar-refractivity contribution in [1.29, 1.82) is 0 Å². The standard InChI is InChI=1S/C14H16ClN5O/c1-4-6-7-9(5-2)8-20-12-10(17-14(20)21-3)11(16)18-13(15)19-12/h4-7H,2,8H2,1,3H3,(H2,16,18,19)/b6-4-,9-7+. The van der Waals surface area contributed by atoms with E-state index in [0.29, 0.717) is 23.7 Å². The maximum Gasteiger partial charge on any atom is 0.298 e. The van der Waals surface area contributed by atoms with Crippen LogP contribution in [0.25, 0.3) is 11.2 Å². The highest BCUT2D eigenvalue weighted by molar-refractivity contribution is 6.28. The molecule has 2 rings (SSSR count). The van der Waals surface area contributed by atoms with Gasteiger partial charge < -0.3 is 10.5 Å². The minimum absolute atomic E-state index is 0.0707. The second kappa shape index (κ2) is 6.41. The minimum atomic E-state index is 0.0707. The summed E-state index contributed by atoms with van der Waals surface area (Å²) in [6, 6.07) is 0.390. The SMILES string of the molecule is C=C/C(=C\C=C/C)Cn1c(OC)nc2c(N)nc(Cl)nc21. The average Bonchev–Trinajstić information content (AvgIpc) is 2.81. The fraction of sp³-hybridized carbons (Fsp3) is 0.214. The summed E-state index contributed by atoms with van der Waals surface area (Å²) in [6.07, 6.45) is 7.57. The number of nitrogens with two attached hydrogens (primary N) is 1. The number of ether oxygens (including phenoxy) is 1. The number of hydrogen-bond acceptors (Lipinski definition) is 5. The maximum atomic E-state index is 5.87. The maximum absolute atomic E-state index is 5.87. The molecule has 2 heterocycles. The quantitative estimate of drug-likeness (QED) is 0.679. The van der Waals surface area contributed by atoms with E-state index >= 15 is 0 Å². The van der Waals surface area contributed by atoms with Crippen LogP contribution in [0.5, 0.6) is 6.01 Å². The van der Waals surface area contributed by atoms with Crippen LogP contribution in [0.15, 0.2) is 36.5 Å². The molecule has 6 nitrogen and oxygen atoms in total. The zero-order valence-corrected chi connectivity index (χ0v) is 12.6. The first-order valence-electron chi connectivity index (χ1n) is 6.28. The Kier molecular flexibility index (Phi) is 4.59. The molecule has 0 radical (unpaired) electrons. The van der Waals surface area contributed by atoms with Gasteiger partial charge in [-0.1, -0.05) is 30.9 Å². The first kappa shape index (κ1) is 15.1. The predicted octanol–water partition coefficient (Wildman–Crippen LogP) is 2.76. The van der Waals surface area contributed by atoms with E-state index in [1.807, 2.05) is 25.2 Å². The van der Waals surface area contributed by atoms with Gasteiger partial charge >= 0.3 is 0 Å². The van der Waals surface area contributed by atoms with E-state index in [1.54, 1.807) is 10.6 Å². The Morgan fingerprint density at radius 3 is 2.81 bits per heavy atom. The smallest absolute Gasteiger partial charge is 0.298 e. The molecule has 0 aromatic carbocycles. The number of aromatic nitrogens is 4. The molecule has 0 spiro atoms. The number of halogens is 1. The Labute approximate surface area is 127 Å². The molecule has 0 bridgehead atoms. The Hall–Kier alpha value is -2.34. The van der Waals surface area contributed by atoms with E-state index in [2.05, 4.69) is 21.5 Å². The van der Waals surface area contributed by atoms with Crippen molar-refractivity contribution in [3.8, 4) is 6.01 Å². The van der Waals surface area contributed by atoms with Crippen molar-refractivity contribution in [2.45, 2.75) is 13.5 Å². The molecule has 2 aromatic rings. The summed E-state index contributed by atoms with van der Waals surface area (Å²) in [4.78, 5) is 12.4. The fourth-order valence-corrected chi connectivity index (χ4v) is 2.03. The van der Waals surface area contributed by atoms with Crippen molar-refractivity contribution in [3.05, 3.63) is 41.7 Å². The van der Waals surface area contributed by atoms with Gasteiger partial charge in [0.15, 0.2) is 17.0 Å². The highest BCUT2D eigenvalue weighted by atomic mass is 35.5. The third kappa shape index (κ3) is 3.05. The zero-order chi connectivity index (χ0) is 15.4. The zero-order valence-electron chi connectivity index (χ0n) is 11.9. The third-order valence-corrected chi connectivity index (χ3v) is 3.02. The molecule has 0 fully saturated rings. The van der Waals surface area contributed by atoms with Crippen molar-refractivity contribution in [1.82, 2.24) is 19.5 Å². The molecule has 0 saturated carbocycles. The van der Waals surface area contributed by atoms with Gasteiger partial charge in [-0.2, -0.15) is 15.0 Å². The van der Waals surface area contributed by atoms with Gasteiger partial charge in [-0.3, -0.25) is 4.57 Å². The number of hydrogen-bond donors (Lipinski definition) is 1. The van der Waals surface area contributed by atoms with Crippen LogP contribution in [0.4, 0.5) is 5.82 Å². The van der Waals surface area contributed by atoms with E-state index in [9.17, 15) is 0 Å². The van der Waals surface area contributed by atoms with Crippen molar-refractivity contribution < 1.29 is 4.74 Å². The van der Waals surface area contributed by atoms with Gasteiger partial charge in [0.1, 0.15) is 0 Å². The monoisotopic (exact) mass is 305 g/mol. The number of rotatable bonds is 5. The second-order valence-corrected chi connectivity index (χ2v) is 4.54. The fourth-order valence-electron chi connectivity index (χ4n) is 1.86. The average molecular weight is 306 g/mol. The van der Waals surface area contributed by atoms with Crippen molar-refractivity contribution in [2.24, 2.45) is 0 Å². The van der Waals surface area contributed by atoms with Crippen molar-refractivity contribution in [2.75, 3.05) is 12.8 Å². The number of nitrogen functional groups attached to an aromatic ring is 1. The van der Waals surface area contributed by atoms with E-state index in [4.69, 9.17) is 22.1 Å². The van der Waals surface area contributed by atoms with Crippen LogP contribution in [0.2, 0.25) is 5.28 Å². The van der Waals surface area contributed by atoms with Crippen LogP contribution in [-0.4, -0.2) is 26.6 Å². The molecule has 110 valence electrons. The van der Waals surface area contributed by atoms with Crippen LogP contribution in [0.3, 0.4) is 0 Å². The van der Waals surface area contributed by atoms with Gasteiger partial charge in [0.25, 0.3) is 6.01 Å². The Bertz CT molecular complexity index is 733. The van der Waals surface area contributed by atoms with E-state index in [-0.39, 0.29) is 11.1 Å². The minimum Gasteiger partial charge on any atom is -0.468 e. The molecule has 0 aliphatic rings. The highest BCUT2D eigenvalue weighted by Gasteiger charge is 2.17. The summed E-state index contributed by atoms with van der Waals surface area (Å²) < 4.78 is 7.06. The van der Waals surface area contributed by atoms with E-state index in [0.717, 1.165) is 5.57 Å². The topological polar surface area (TPSA) is 78.9 Å². The molecule has 2 N–H and O–H groups in total. The predicted molar refractivity (Wildman–Crippen MR) is 84.4 cm³/mol. The number of methoxy groups -OCH3 is 1. The summed E-state index contributed by atoms with van der Waals surface area (Å²) in [5.41, 5.74) is 7.79. The Morgan fingerprint density at radius 1 is 1.43 bits per heavy atom. The summed E-state index contributed by atoms with van der Waals surface area (Å²) in [5.74, 6) is 0.222. The first-order chi connectivity index (χ1) is 10.1. The largest absolute Gasteiger partial charge is 0.468 e. The van der Waals surface area contributed by atoms with Crippen LogP contribution in [0.1, 0.15) is 6.92 Å². The number of nitrogens with zero attached hydrogens (tertiary/aromatic N) is 4. The van der Waals surface area contributed by atoms with Gasteiger partial charge in [-0.25, -0.2) is 0 Å². The van der Waals surface area contributed by atoms with Gasteiger partial charge in [0.05, 0.1) is 13.7 Å². The van der Waals surface area contributed by atoms with Crippen LogP contribution >= 0.6 is 11.6 Å². The number of anilines is 1. The molecule has 2 aromatic heterocycles. The lowest BCUT2D eigenvalue weighted by Crippen LogP contribution is -2.04. The molecule has 21 heavy (non-hydrogen) atoms. The lowest BCUT2D eigenvalue weighted by Gasteiger charge is -2.07. The molecule has 0 saturated heterocycles. The third-order valence-electron chi connectivity index (χ3n) is 2.85. The Balaban J connectivity index is 2.58. The van der Waals surface area contributed by atoms with Crippen molar-refractivity contribution >= 4 is 28.6 Å². The molecular formula is C14H16ClN5O. The van der Waals surface area contributed by atoms with Crippen molar-refractivity contribution in [3.63, 3.8) is 0 Å². The molecule has 0 aliphatic carbocycles. The molecule has 0 aliphatic heterocycles. The van der Waals surface area contributed by atoms with Crippen LogP contribution in [-0.2, 0) is 6.54 Å². The number of fused-ring (bicyclic) bond motifs is 1. The molecule has 0 atom stereocenters. The molecular weight excluding hydrogens is 290 g/mol. The summed E-state index contributed by atoms with van der Waals surface area (Å²) in [5, 5.41) is 0.0707. The van der Waals surface area contributed by atoms with Crippen LogP contribution < -0.4 is 10.5 Å². The Morgan fingerprint density at radius 2 is 2.19 bits per heavy atom. The second-order valence-electron chi connectivity index (χ2n) is 4.21.